The van der Waals surface area contributed by atoms with E-state index in [0.29, 0.717) is 17.5 Å². The SMILES string of the molecule is c1ccc(-c2nc(-c3cccc(-n4c5ccccc5c5ccccc54)c3)nc(-c3ccc4c(c3)oc3ccc(-c5ccc6oc7ccccc7c6c5)cc34)n2)cc1. The van der Waals surface area contributed by atoms with Crippen molar-refractivity contribution in [3.05, 3.63) is 182 Å². The predicted octanol–water partition coefficient (Wildman–Crippen LogP) is 13.4. The molecular formula is C51H30N4O2. The van der Waals surface area contributed by atoms with Gasteiger partial charge in [0.25, 0.3) is 0 Å². The first-order valence-corrected chi connectivity index (χ1v) is 19.0. The van der Waals surface area contributed by atoms with Gasteiger partial charge in [-0.1, -0.05) is 115 Å². The highest BCUT2D eigenvalue weighted by Crippen LogP contribution is 2.38. The van der Waals surface area contributed by atoms with Gasteiger partial charge in [-0.3, -0.25) is 0 Å². The van der Waals surface area contributed by atoms with Crippen molar-refractivity contribution in [2.24, 2.45) is 0 Å². The van der Waals surface area contributed by atoms with E-state index in [0.717, 1.165) is 88.4 Å². The molecule has 12 aromatic rings. The van der Waals surface area contributed by atoms with E-state index in [4.69, 9.17) is 23.8 Å². The van der Waals surface area contributed by atoms with Crippen molar-refractivity contribution in [1.29, 1.82) is 0 Å². The number of hydrogen-bond donors (Lipinski definition) is 0. The van der Waals surface area contributed by atoms with Crippen LogP contribution in [-0.2, 0) is 0 Å². The molecule has 0 spiro atoms. The van der Waals surface area contributed by atoms with E-state index in [1.807, 2.05) is 54.6 Å². The lowest BCUT2D eigenvalue weighted by Gasteiger charge is -2.11. The lowest BCUT2D eigenvalue weighted by molar-refractivity contribution is 0.668. The van der Waals surface area contributed by atoms with E-state index in [1.165, 1.54) is 10.8 Å². The highest BCUT2D eigenvalue weighted by Gasteiger charge is 2.18. The van der Waals surface area contributed by atoms with Gasteiger partial charge >= 0.3 is 0 Å². The Labute approximate surface area is 325 Å². The zero-order valence-corrected chi connectivity index (χ0v) is 30.4. The second-order valence-electron chi connectivity index (χ2n) is 14.4. The summed E-state index contributed by atoms with van der Waals surface area (Å²) in [6, 6.07) is 62.8. The zero-order valence-electron chi connectivity index (χ0n) is 30.4. The normalized spacial score (nSPS) is 11.9. The maximum absolute atomic E-state index is 6.49. The predicted molar refractivity (Wildman–Crippen MR) is 230 cm³/mol. The maximum atomic E-state index is 6.49. The molecule has 4 heterocycles. The van der Waals surface area contributed by atoms with Crippen molar-refractivity contribution in [2.45, 2.75) is 0 Å². The molecule has 4 aromatic heterocycles. The number of para-hydroxylation sites is 3. The van der Waals surface area contributed by atoms with Crippen LogP contribution in [0.1, 0.15) is 0 Å². The lowest BCUT2D eigenvalue weighted by atomic mass is 10.0. The molecule has 0 saturated heterocycles. The summed E-state index contributed by atoms with van der Waals surface area (Å²) in [6.07, 6.45) is 0. The highest BCUT2D eigenvalue weighted by atomic mass is 16.3. The molecule has 6 heteroatoms. The number of furan rings is 2. The van der Waals surface area contributed by atoms with Gasteiger partial charge in [0.05, 0.1) is 11.0 Å². The summed E-state index contributed by atoms with van der Waals surface area (Å²) in [6.45, 7) is 0. The molecule has 0 aliphatic heterocycles. The molecule has 266 valence electrons. The molecule has 6 nitrogen and oxygen atoms in total. The first kappa shape index (κ1) is 31.5. The highest BCUT2D eigenvalue weighted by molar-refractivity contribution is 6.10. The maximum Gasteiger partial charge on any atom is 0.164 e. The number of rotatable bonds is 5. The van der Waals surface area contributed by atoms with Gasteiger partial charge < -0.3 is 13.4 Å². The van der Waals surface area contributed by atoms with Crippen LogP contribution in [-0.4, -0.2) is 19.5 Å². The Morgan fingerprint density at radius 3 is 1.47 bits per heavy atom. The minimum absolute atomic E-state index is 0.574. The second kappa shape index (κ2) is 12.3. The summed E-state index contributed by atoms with van der Waals surface area (Å²) in [7, 11) is 0. The summed E-state index contributed by atoms with van der Waals surface area (Å²) in [5.41, 5.74) is 11.6. The van der Waals surface area contributed by atoms with Gasteiger partial charge in [0.1, 0.15) is 22.3 Å². The molecule has 0 aliphatic carbocycles. The first-order chi connectivity index (χ1) is 28.2. The van der Waals surface area contributed by atoms with Gasteiger partial charge in [-0.2, -0.15) is 0 Å². The minimum Gasteiger partial charge on any atom is -0.456 e. The molecule has 0 atom stereocenters. The number of hydrogen-bond acceptors (Lipinski definition) is 5. The zero-order chi connectivity index (χ0) is 37.5. The van der Waals surface area contributed by atoms with Crippen molar-refractivity contribution in [3.63, 3.8) is 0 Å². The number of fused-ring (bicyclic) bond motifs is 9. The molecule has 12 rings (SSSR count). The van der Waals surface area contributed by atoms with E-state index in [2.05, 4.69) is 132 Å². The first-order valence-electron chi connectivity index (χ1n) is 19.0. The van der Waals surface area contributed by atoms with Crippen LogP contribution < -0.4 is 0 Å². The standard InChI is InChI=1S/C51H30N4O2/c1-2-11-31(12-3-1)49-52-50(34-13-10-14-36(27-34)55-43-18-7-4-15-37(43)38-16-5-8-19-44(38)55)54-51(53-49)35-21-24-40-42-29-33(23-26-47(42)57-48(40)30-35)32-22-25-46-41(28-32)39-17-6-9-20-45(39)56-46/h1-30H. The van der Waals surface area contributed by atoms with Crippen LogP contribution in [0.2, 0.25) is 0 Å². The molecule has 0 fully saturated rings. The average molecular weight is 731 g/mol. The average Bonchev–Trinajstić information content (AvgIpc) is 3.95. The lowest BCUT2D eigenvalue weighted by Crippen LogP contribution is -2.01. The van der Waals surface area contributed by atoms with Crippen molar-refractivity contribution in [2.75, 3.05) is 0 Å². The largest absolute Gasteiger partial charge is 0.456 e. The fourth-order valence-electron chi connectivity index (χ4n) is 8.34. The Morgan fingerprint density at radius 1 is 0.298 bits per heavy atom. The third-order valence-electron chi connectivity index (χ3n) is 11.0. The number of aromatic nitrogens is 4. The van der Waals surface area contributed by atoms with Gasteiger partial charge in [0.2, 0.25) is 0 Å². The third kappa shape index (κ3) is 5.08. The molecule has 8 aromatic carbocycles. The molecule has 57 heavy (non-hydrogen) atoms. The fraction of sp³-hybridized carbons (Fsp3) is 0. The molecule has 0 amide bonds. The summed E-state index contributed by atoms with van der Waals surface area (Å²) < 4.78 is 14.9. The van der Waals surface area contributed by atoms with E-state index in [9.17, 15) is 0 Å². The van der Waals surface area contributed by atoms with Crippen LogP contribution in [0.25, 0.3) is 117 Å². The van der Waals surface area contributed by atoms with Crippen molar-refractivity contribution in [3.8, 4) is 51.0 Å². The van der Waals surface area contributed by atoms with E-state index < -0.39 is 0 Å². The van der Waals surface area contributed by atoms with Crippen LogP contribution in [0.4, 0.5) is 0 Å². The third-order valence-corrected chi connectivity index (χ3v) is 11.0. The Morgan fingerprint density at radius 2 is 0.789 bits per heavy atom. The summed E-state index contributed by atoms with van der Waals surface area (Å²) in [5.74, 6) is 1.78. The fourth-order valence-corrected chi connectivity index (χ4v) is 8.34. The Balaban J connectivity index is 0.971. The molecule has 0 unspecified atom stereocenters. The summed E-state index contributed by atoms with van der Waals surface area (Å²) in [4.78, 5) is 15.2. The topological polar surface area (TPSA) is 69.9 Å². The molecule has 0 radical (unpaired) electrons. The summed E-state index contributed by atoms with van der Waals surface area (Å²) >= 11 is 0. The van der Waals surface area contributed by atoms with Crippen molar-refractivity contribution < 1.29 is 8.83 Å². The van der Waals surface area contributed by atoms with Gasteiger partial charge in [-0.05, 0) is 77.9 Å². The van der Waals surface area contributed by atoms with Gasteiger partial charge in [-0.25, -0.2) is 15.0 Å². The van der Waals surface area contributed by atoms with E-state index in [1.54, 1.807) is 0 Å². The number of nitrogens with zero attached hydrogens (tertiary/aromatic N) is 4. The number of benzene rings is 8. The molecule has 0 N–H and O–H groups in total. The monoisotopic (exact) mass is 730 g/mol. The van der Waals surface area contributed by atoms with E-state index >= 15 is 0 Å². The van der Waals surface area contributed by atoms with E-state index in [-0.39, 0.29) is 0 Å². The second-order valence-corrected chi connectivity index (χ2v) is 14.4. The van der Waals surface area contributed by atoms with Crippen LogP contribution in [0.3, 0.4) is 0 Å². The Kier molecular flexibility index (Phi) is 6.83. The summed E-state index contributed by atoms with van der Waals surface area (Å²) in [5, 5.41) is 6.73. The Hall–Kier alpha value is -7.83. The molecule has 0 saturated carbocycles. The quantitative estimate of drug-likeness (QED) is 0.176. The van der Waals surface area contributed by atoms with Crippen LogP contribution >= 0.6 is 0 Å². The van der Waals surface area contributed by atoms with Crippen LogP contribution in [0.5, 0.6) is 0 Å². The van der Waals surface area contributed by atoms with Crippen molar-refractivity contribution >= 4 is 65.7 Å². The molecule has 0 bridgehead atoms. The molecular weight excluding hydrogens is 701 g/mol. The van der Waals surface area contributed by atoms with Gasteiger partial charge in [0.15, 0.2) is 17.5 Å². The van der Waals surface area contributed by atoms with Crippen LogP contribution in [0.15, 0.2) is 191 Å². The molecule has 0 aliphatic rings. The minimum atomic E-state index is 0.574. The Bertz CT molecular complexity index is 3490. The van der Waals surface area contributed by atoms with Gasteiger partial charge in [-0.15, -0.1) is 0 Å². The van der Waals surface area contributed by atoms with Crippen molar-refractivity contribution in [1.82, 2.24) is 19.5 Å². The smallest absolute Gasteiger partial charge is 0.164 e. The van der Waals surface area contributed by atoms with Gasteiger partial charge in [0, 0.05) is 54.7 Å². The van der Waals surface area contributed by atoms with Crippen LogP contribution in [0, 0.1) is 0 Å².